The Balaban J connectivity index is 1.45. The highest BCUT2D eigenvalue weighted by molar-refractivity contribution is 5.98. The van der Waals surface area contributed by atoms with Crippen LogP contribution in [0.4, 0.5) is 0 Å². The average molecular weight is 751 g/mol. The van der Waals surface area contributed by atoms with E-state index in [1.54, 1.807) is 25.1 Å². The summed E-state index contributed by atoms with van der Waals surface area (Å²) in [5, 5.41) is 18.3. The number of cyclic esters (lactones) is 1. The smallest absolute Gasteiger partial charge is 0.328 e. The highest BCUT2D eigenvalue weighted by Crippen LogP contribution is 2.28. The molecule has 0 bridgehead atoms. The summed E-state index contributed by atoms with van der Waals surface area (Å²) in [6, 6.07) is -0.112. The molecule has 0 radical (unpaired) electrons. The number of piperidine rings is 1. The quantitative estimate of drug-likeness (QED) is 0.164. The van der Waals surface area contributed by atoms with Crippen LogP contribution in [-0.4, -0.2) is 124 Å². The predicted octanol–water partition coefficient (Wildman–Crippen LogP) is 1.32. The van der Waals surface area contributed by atoms with E-state index in [1.165, 1.54) is 32.9 Å². The van der Waals surface area contributed by atoms with E-state index in [1.807, 2.05) is 13.8 Å². The van der Waals surface area contributed by atoms with Gasteiger partial charge in [-0.25, -0.2) is 4.79 Å². The second-order valence-corrected chi connectivity index (χ2v) is 15.0. The molecule has 4 aliphatic rings. The number of nitrogens with zero attached hydrogens (tertiary/aromatic N) is 3. The van der Waals surface area contributed by atoms with Crippen LogP contribution in [0, 0.1) is 5.92 Å². The Morgan fingerprint density at radius 2 is 1.65 bits per heavy atom. The number of phenolic OH excluding ortho intramolecular Hbond substituents is 1. The molecule has 15 nitrogen and oxygen atoms in total. The highest BCUT2D eigenvalue weighted by atomic mass is 16.5. The number of benzene rings is 1. The van der Waals surface area contributed by atoms with Crippen LogP contribution in [0.2, 0.25) is 0 Å². The van der Waals surface area contributed by atoms with Crippen LogP contribution in [0.1, 0.15) is 84.1 Å². The first kappa shape index (κ1) is 40.2. The van der Waals surface area contributed by atoms with E-state index in [4.69, 9.17) is 4.74 Å². The van der Waals surface area contributed by atoms with Crippen LogP contribution in [0.3, 0.4) is 0 Å². The molecule has 6 amide bonds. The van der Waals surface area contributed by atoms with Crippen LogP contribution in [0.5, 0.6) is 5.75 Å². The maximum absolute atomic E-state index is 14.4. The number of hydrogen-bond donors (Lipinski definition) is 4. The van der Waals surface area contributed by atoms with E-state index in [0.717, 1.165) is 12.8 Å². The number of aromatic hydroxyl groups is 1. The van der Waals surface area contributed by atoms with Crippen LogP contribution >= 0.6 is 0 Å². The normalized spacial score (nSPS) is 27.5. The van der Waals surface area contributed by atoms with Gasteiger partial charge in [0.2, 0.25) is 35.4 Å². The Morgan fingerprint density at radius 3 is 2.37 bits per heavy atom. The lowest BCUT2D eigenvalue weighted by Crippen LogP contribution is -2.62. The van der Waals surface area contributed by atoms with Gasteiger partial charge in [-0.05, 0) is 81.6 Å². The number of fused-ring (bicyclic) bond motifs is 3. The van der Waals surface area contributed by atoms with Crippen molar-refractivity contribution in [2.45, 2.75) is 121 Å². The Kier molecular flexibility index (Phi) is 13.7. The van der Waals surface area contributed by atoms with Crippen molar-refractivity contribution in [2.75, 3.05) is 26.2 Å². The Labute approximate surface area is 316 Å². The Hall–Kier alpha value is -4.95. The SMILES string of the molecule is CCCCC=CC(=O)N[C@@H](Cc1cccc(O)c1)C(=O)N[C@H]1COC(=O)[C@@H]2CCCN2C(=O)[C@H](C)NC(=O)[C@@H]2CC(C)CCN2C(=O)[C@@H]2CCCN2C1=O. The third kappa shape index (κ3) is 9.77. The molecule has 1 aromatic carbocycles. The molecule has 0 aromatic heterocycles. The van der Waals surface area contributed by atoms with Crippen molar-refractivity contribution >= 4 is 41.4 Å². The minimum Gasteiger partial charge on any atom is -0.508 e. The van der Waals surface area contributed by atoms with Gasteiger partial charge in [0.25, 0.3) is 0 Å². The van der Waals surface area contributed by atoms with Gasteiger partial charge in [0.05, 0.1) is 0 Å². The molecule has 4 N–H and O–H groups in total. The van der Waals surface area contributed by atoms with E-state index in [9.17, 15) is 38.7 Å². The fraction of sp³-hybridized carbons (Fsp3) is 0.615. The van der Waals surface area contributed by atoms with E-state index >= 15 is 0 Å². The zero-order chi connectivity index (χ0) is 38.9. The number of ether oxygens (including phenoxy) is 1. The molecule has 1 unspecified atom stereocenters. The van der Waals surface area contributed by atoms with Gasteiger partial charge >= 0.3 is 5.97 Å². The van der Waals surface area contributed by atoms with Crippen LogP contribution in [-0.2, 0) is 44.7 Å². The van der Waals surface area contributed by atoms with Crippen molar-refractivity contribution in [1.82, 2.24) is 30.7 Å². The summed E-state index contributed by atoms with van der Waals surface area (Å²) >= 11 is 0. The van der Waals surface area contributed by atoms with Crippen LogP contribution < -0.4 is 16.0 Å². The molecule has 54 heavy (non-hydrogen) atoms. The van der Waals surface area contributed by atoms with E-state index < -0.39 is 84.3 Å². The van der Waals surface area contributed by atoms with Crippen molar-refractivity contribution in [3.8, 4) is 5.75 Å². The summed E-state index contributed by atoms with van der Waals surface area (Å²) < 4.78 is 5.68. The monoisotopic (exact) mass is 750 g/mol. The number of rotatable bonds is 9. The first-order chi connectivity index (χ1) is 25.9. The maximum Gasteiger partial charge on any atom is 0.328 e. The number of allylic oxidation sites excluding steroid dienone is 1. The summed E-state index contributed by atoms with van der Waals surface area (Å²) in [7, 11) is 0. The molecule has 4 aliphatic heterocycles. The van der Waals surface area contributed by atoms with Crippen molar-refractivity contribution in [3.63, 3.8) is 0 Å². The average Bonchev–Trinajstić information content (AvgIpc) is 3.84. The number of amides is 6. The number of nitrogens with one attached hydrogen (secondary N) is 3. The summed E-state index contributed by atoms with van der Waals surface area (Å²) in [4.78, 5) is 101. The molecule has 0 aliphatic carbocycles. The molecule has 4 heterocycles. The topological polar surface area (TPSA) is 195 Å². The third-order valence-corrected chi connectivity index (χ3v) is 10.8. The zero-order valence-electron chi connectivity index (χ0n) is 31.5. The molecular formula is C39H54N6O9. The summed E-state index contributed by atoms with van der Waals surface area (Å²) in [6.07, 6.45) is 8.24. The van der Waals surface area contributed by atoms with Gasteiger partial charge in [0.1, 0.15) is 48.6 Å². The minimum absolute atomic E-state index is 0.0291. The third-order valence-electron chi connectivity index (χ3n) is 10.8. The summed E-state index contributed by atoms with van der Waals surface area (Å²) in [5.74, 6) is -3.91. The van der Waals surface area contributed by atoms with Gasteiger partial charge in [-0.1, -0.05) is 44.9 Å². The van der Waals surface area contributed by atoms with Gasteiger partial charge < -0.3 is 40.5 Å². The number of esters is 1. The lowest BCUT2D eigenvalue weighted by molar-refractivity contribution is -0.158. The Morgan fingerprint density at radius 1 is 0.944 bits per heavy atom. The van der Waals surface area contributed by atoms with Crippen LogP contribution in [0.25, 0.3) is 0 Å². The van der Waals surface area contributed by atoms with E-state index in [-0.39, 0.29) is 31.2 Å². The highest BCUT2D eigenvalue weighted by Gasteiger charge is 2.46. The maximum atomic E-state index is 14.4. The molecule has 0 saturated carbocycles. The molecule has 4 fully saturated rings. The predicted molar refractivity (Wildman–Crippen MR) is 196 cm³/mol. The number of hydrogen-bond acceptors (Lipinski definition) is 9. The van der Waals surface area contributed by atoms with Gasteiger partial charge in [-0.2, -0.15) is 0 Å². The molecule has 0 spiro atoms. The van der Waals surface area contributed by atoms with Gasteiger partial charge in [0, 0.05) is 26.1 Å². The minimum atomic E-state index is -1.45. The second kappa shape index (κ2) is 18.4. The second-order valence-electron chi connectivity index (χ2n) is 15.0. The standard InChI is InChI=1S/C39H54N6O9/c1-4-5-6-7-15-33(47)41-28(22-26-11-8-12-27(46)21-26)34(48)42-29-23-54-39(53)31-14-10-18-44(31)36(50)25(3)40-35(49)32-20-24(2)16-19-45(32)38(52)30-13-9-17-43(30)37(29)51/h7-8,11-12,15,21,24-25,28-32,46H,4-6,9-10,13-14,16-20,22-23H2,1-3H3,(H,40,49)(H,41,47)(H,42,48)/t24?,25-,28-,29-,30-,31-,32-/m0/s1. The molecule has 15 heteroatoms. The summed E-state index contributed by atoms with van der Waals surface area (Å²) in [5.41, 5.74) is 0.543. The number of phenols is 1. The first-order valence-electron chi connectivity index (χ1n) is 19.3. The fourth-order valence-electron chi connectivity index (χ4n) is 7.80. The van der Waals surface area contributed by atoms with Crippen molar-refractivity contribution in [1.29, 1.82) is 0 Å². The lowest BCUT2D eigenvalue weighted by atomic mass is 9.91. The van der Waals surface area contributed by atoms with Gasteiger partial charge in [0.15, 0.2) is 0 Å². The Bertz CT molecular complexity index is 1620. The van der Waals surface area contributed by atoms with Crippen molar-refractivity contribution < 1.29 is 43.4 Å². The summed E-state index contributed by atoms with van der Waals surface area (Å²) in [6.45, 7) is 5.77. The number of carbonyl (C=O) groups excluding carboxylic acids is 7. The van der Waals surface area contributed by atoms with E-state index in [0.29, 0.717) is 57.1 Å². The van der Waals surface area contributed by atoms with Gasteiger partial charge in [-0.15, -0.1) is 0 Å². The number of carbonyl (C=O) groups is 7. The molecular weight excluding hydrogens is 696 g/mol. The van der Waals surface area contributed by atoms with Crippen LogP contribution in [0.15, 0.2) is 36.4 Å². The van der Waals surface area contributed by atoms with Crippen molar-refractivity contribution in [3.05, 3.63) is 42.0 Å². The molecule has 1 aromatic rings. The first-order valence-corrected chi connectivity index (χ1v) is 19.3. The van der Waals surface area contributed by atoms with E-state index in [2.05, 4.69) is 16.0 Å². The zero-order valence-corrected chi connectivity index (χ0v) is 31.5. The molecule has 4 saturated heterocycles. The number of unbranched alkanes of at least 4 members (excludes halogenated alkanes) is 2. The molecule has 5 rings (SSSR count). The van der Waals surface area contributed by atoms with Crippen molar-refractivity contribution in [2.24, 2.45) is 5.92 Å². The lowest BCUT2D eigenvalue weighted by Gasteiger charge is -2.41. The largest absolute Gasteiger partial charge is 0.508 e. The fourth-order valence-corrected chi connectivity index (χ4v) is 7.80. The molecule has 7 atom stereocenters. The van der Waals surface area contributed by atoms with Gasteiger partial charge in [-0.3, -0.25) is 28.8 Å². The molecule has 294 valence electrons.